The van der Waals surface area contributed by atoms with Gasteiger partial charge in [0.05, 0.1) is 19.2 Å². The van der Waals surface area contributed by atoms with E-state index in [1.165, 1.54) is 0 Å². The fraction of sp³-hybridized carbons (Fsp3) is 0.455. The zero-order valence-electron chi connectivity index (χ0n) is 11.0. The Morgan fingerprint density at radius 3 is 2.27 bits per heavy atom. The van der Waals surface area contributed by atoms with E-state index in [0.717, 1.165) is 7.11 Å². The molecule has 1 aromatic heterocycles. The number of carbonyl (C=O) groups excluding carboxylic acids is 1. The van der Waals surface area contributed by atoms with Crippen LogP contribution in [0.15, 0.2) is 6.07 Å². The third-order valence-electron chi connectivity index (χ3n) is 2.43. The van der Waals surface area contributed by atoms with Crippen molar-refractivity contribution < 1.29 is 40.6 Å². The number of aromatic nitrogens is 1. The van der Waals surface area contributed by atoms with Gasteiger partial charge in [-0.2, -0.15) is 13.2 Å². The van der Waals surface area contributed by atoms with Gasteiger partial charge in [0.25, 0.3) is 0 Å². The fourth-order valence-electron chi connectivity index (χ4n) is 1.53. The van der Waals surface area contributed by atoms with Gasteiger partial charge in [0.1, 0.15) is 11.4 Å². The van der Waals surface area contributed by atoms with Crippen LogP contribution in [0, 0.1) is 0 Å². The van der Waals surface area contributed by atoms with Crippen LogP contribution in [0.4, 0.5) is 26.3 Å². The monoisotopic (exact) mass is 332 g/mol. The molecule has 1 heterocycles. The molecule has 0 spiro atoms. The summed E-state index contributed by atoms with van der Waals surface area (Å²) < 4.78 is 82.7. The average Bonchev–Trinajstić information content (AvgIpc) is 2.35. The third-order valence-corrected chi connectivity index (χ3v) is 2.43. The van der Waals surface area contributed by atoms with E-state index in [1.807, 2.05) is 0 Å². The molecule has 1 rings (SSSR count). The molecule has 0 unspecified atom stereocenters. The average molecular weight is 332 g/mol. The second kappa shape index (κ2) is 6.38. The number of hydrogen-bond donors (Lipinski definition) is 1. The molecule has 0 atom stereocenters. The lowest BCUT2D eigenvalue weighted by atomic mass is 10.1. The van der Waals surface area contributed by atoms with E-state index >= 15 is 0 Å². The van der Waals surface area contributed by atoms with Gasteiger partial charge >= 0.3 is 18.5 Å². The van der Waals surface area contributed by atoms with E-state index in [9.17, 15) is 31.1 Å². The molecule has 0 fully saturated rings. The maximum absolute atomic E-state index is 12.7. The Morgan fingerprint density at radius 1 is 1.27 bits per heavy atom. The number of nitrogens with zero attached hydrogens (tertiary/aromatic N) is 1. The van der Waals surface area contributed by atoms with Crippen LogP contribution >= 0.6 is 0 Å². The predicted molar refractivity (Wildman–Crippen MR) is 59.5 cm³/mol. The summed E-state index contributed by atoms with van der Waals surface area (Å²) in [6, 6.07) is 0.0798. The number of hydrogen-bond acceptors (Lipinski definition) is 5. The fourth-order valence-corrected chi connectivity index (χ4v) is 1.53. The molecule has 0 bridgehead atoms. The molecule has 0 saturated heterocycles. The van der Waals surface area contributed by atoms with Crippen molar-refractivity contribution in [2.75, 3.05) is 7.11 Å². The summed E-state index contributed by atoms with van der Waals surface area (Å²) in [5.74, 6) is -2.14. The van der Waals surface area contributed by atoms with Gasteiger partial charge in [0.2, 0.25) is 0 Å². The lowest BCUT2D eigenvalue weighted by Crippen LogP contribution is -2.22. The van der Waals surface area contributed by atoms with Crippen LogP contribution in [-0.4, -0.2) is 24.4 Å². The number of nitrogens with two attached hydrogens (primary N) is 1. The summed E-state index contributed by atoms with van der Waals surface area (Å²) in [6.45, 7) is -0.608. The van der Waals surface area contributed by atoms with Gasteiger partial charge in [0.15, 0.2) is 0 Å². The quantitative estimate of drug-likeness (QED) is 0.676. The van der Waals surface area contributed by atoms with E-state index in [4.69, 9.17) is 5.73 Å². The number of rotatable bonds is 4. The molecule has 0 amide bonds. The van der Waals surface area contributed by atoms with Crippen LogP contribution in [0.25, 0.3) is 0 Å². The molecular weight excluding hydrogens is 322 g/mol. The van der Waals surface area contributed by atoms with E-state index < -0.39 is 54.2 Å². The van der Waals surface area contributed by atoms with Crippen LogP contribution in [0.2, 0.25) is 0 Å². The van der Waals surface area contributed by atoms with Crippen molar-refractivity contribution in [2.45, 2.75) is 25.5 Å². The highest BCUT2D eigenvalue weighted by atomic mass is 19.4. The highest BCUT2D eigenvalue weighted by molar-refractivity contribution is 5.72. The van der Waals surface area contributed by atoms with Crippen molar-refractivity contribution >= 4 is 5.97 Å². The van der Waals surface area contributed by atoms with Crippen molar-refractivity contribution in [1.29, 1.82) is 0 Å². The lowest BCUT2D eigenvalue weighted by Gasteiger charge is -2.17. The standard InChI is InChI=1S/C11H10F6N2O3/c1-21-9(20)2-6-5(4-18)7(22-11(15,16)17)3-8(19-6)10(12,13)14/h3H,2,4,18H2,1H3. The summed E-state index contributed by atoms with van der Waals surface area (Å²) in [5.41, 5.74) is 2.53. The van der Waals surface area contributed by atoms with Gasteiger partial charge in [-0.25, -0.2) is 4.98 Å². The van der Waals surface area contributed by atoms with Crippen molar-refractivity contribution in [2.24, 2.45) is 5.73 Å². The second-order valence-electron chi connectivity index (χ2n) is 3.93. The van der Waals surface area contributed by atoms with Gasteiger partial charge in [0, 0.05) is 18.2 Å². The highest BCUT2D eigenvalue weighted by Gasteiger charge is 2.38. The van der Waals surface area contributed by atoms with E-state index in [0.29, 0.717) is 0 Å². The molecule has 5 nitrogen and oxygen atoms in total. The molecule has 22 heavy (non-hydrogen) atoms. The van der Waals surface area contributed by atoms with Gasteiger partial charge < -0.3 is 15.2 Å². The van der Waals surface area contributed by atoms with Crippen LogP contribution < -0.4 is 10.5 Å². The van der Waals surface area contributed by atoms with Gasteiger partial charge in [-0.15, -0.1) is 13.2 Å². The Hall–Kier alpha value is -2.04. The molecule has 0 radical (unpaired) electrons. The van der Waals surface area contributed by atoms with E-state index in [-0.39, 0.29) is 6.07 Å². The van der Waals surface area contributed by atoms with Crippen molar-refractivity contribution in [3.63, 3.8) is 0 Å². The SMILES string of the molecule is COC(=O)Cc1nc(C(F)(F)F)cc(OC(F)(F)F)c1CN. The Morgan fingerprint density at radius 2 is 1.86 bits per heavy atom. The Labute approximate surface area is 120 Å². The molecule has 0 aliphatic heterocycles. The number of halogens is 6. The van der Waals surface area contributed by atoms with E-state index in [2.05, 4.69) is 14.5 Å². The van der Waals surface area contributed by atoms with Crippen LogP contribution in [0.1, 0.15) is 17.0 Å². The lowest BCUT2D eigenvalue weighted by molar-refractivity contribution is -0.275. The predicted octanol–water partition coefficient (Wildman–Crippen LogP) is 2.17. The molecule has 0 aliphatic carbocycles. The first-order valence-electron chi connectivity index (χ1n) is 5.60. The first kappa shape index (κ1) is 18.0. The van der Waals surface area contributed by atoms with Crippen LogP contribution in [-0.2, 0) is 28.7 Å². The smallest absolute Gasteiger partial charge is 0.469 e. The summed E-state index contributed by atoms with van der Waals surface area (Å²) >= 11 is 0. The molecule has 1 aromatic rings. The van der Waals surface area contributed by atoms with Crippen LogP contribution in [0.5, 0.6) is 5.75 Å². The van der Waals surface area contributed by atoms with Gasteiger partial charge in [-0.05, 0) is 0 Å². The zero-order valence-corrected chi connectivity index (χ0v) is 11.0. The van der Waals surface area contributed by atoms with Gasteiger partial charge in [-0.1, -0.05) is 0 Å². The molecule has 124 valence electrons. The molecular formula is C11H10F6N2O3. The second-order valence-corrected chi connectivity index (χ2v) is 3.93. The minimum absolute atomic E-state index is 0.0798. The number of pyridine rings is 1. The van der Waals surface area contributed by atoms with Crippen molar-refractivity contribution in [3.05, 3.63) is 23.0 Å². The summed E-state index contributed by atoms with van der Waals surface area (Å²) in [5, 5.41) is 0. The molecule has 11 heteroatoms. The molecule has 0 aromatic carbocycles. The first-order chi connectivity index (χ1) is 9.97. The maximum atomic E-state index is 12.7. The van der Waals surface area contributed by atoms with Crippen LogP contribution in [0.3, 0.4) is 0 Å². The largest absolute Gasteiger partial charge is 0.573 e. The Balaban J connectivity index is 3.45. The van der Waals surface area contributed by atoms with E-state index in [1.54, 1.807) is 0 Å². The highest BCUT2D eigenvalue weighted by Crippen LogP contribution is 2.35. The first-order valence-corrected chi connectivity index (χ1v) is 5.60. The van der Waals surface area contributed by atoms with Crippen molar-refractivity contribution in [1.82, 2.24) is 4.98 Å². The number of methoxy groups -OCH3 is 1. The molecule has 0 aliphatic rings. The zero-order chi connectivity index (χ0) is 17.1. The summed E-state index contributed by atoms with van der Waals surface area (Å²) in [6.07, 6.45) is -11.0. The maximum Gasteiger partial charge on any atom is 0.573 e. The molecule has 0 saturated carbocycles. The number of ether oxygens (including phenoxy) is 2. The minimum Gasteiger partial charge on any atom is -0.469 e. The topological polar surface area (TPSA) is 74.4 Å². The number of esters is 1. The Kier molecular flexibility index (Phi) is 5.22. The summed E-state index contributed by atoms with van der Waals surface area (Å²) in [7, 11) is 0.963. The summed E-state index contributed by atoms with van der Waals surface area (Å²) in [4.78, 5) is 14.3. The third kappa shape index (κ3) is 4.76. The molecule has 2 N–H and O–H groups in total. The Bertz CT molecular complexity index is 556. The normalized spacial score (nSPS) is 12.2. The minimum atomic E-state index is -5.23. The number of carbonyl (C=O) groups is 1. The van der Waals surface area contributed by atoms with Crippen molar-refractivity contribution in [3.8, 4) is 5.75 Å². The van der Waals surface area contributed by atoms with Gasteiger partial charge in [-0.3, -0.25) is 4.79 Å². The number of alkyl halides is 6.